The fraction of sp³-hybridized carbons (Fsp3) is 0.0588. The fourth-order valence-corrected chi connectivity index (χ4v) is 2.32. The van der Waals surface area contributed by atoms with Crippen molar-refractivity contribution in [3.63, 3.8) is 0 Å². The maximum atomic E-state index is 11.3. The van der Waals surface area contributed by atoms with Crippen LogP contribution >= 0.6 is 0 Å². The monoisotopic (exact) mass is 279 g/mol. The predicted molar refractivity (Wildman–Crippen MR) is 80.1 cm³/mol. The van der Waals surface area contributed by atoms with Crippen LogP contribution < -0.4 is 0 Å². The van der Waals surface area contributed by atoms with Gasteiger partial charge >= 0.3 is 5.97 Å². The third-order valence-corrected chi connectivity index (χ3v) is 3.37. The summed E-state index contributed by atoms with van der Waals surface area (Å²) in [5.74, 6) is -0.969. The quantitative estimate of drug-likeness (QED) is 0.773. The van der Waals surface area contributed by atoms with Gasteiger partial charge in [0.15, 0.2) is 0 Å². The minimum atomic E-state index is -0.969. The summed E-state index contributed by atoms with van der Waals surface area (Å²) in [6.45, 7) is -0.0143. The molecule has 0 spiro atoms. The van der Waals surface area contributed by atoms with E-state index in [0.29, 0.717) is 11.3 Å². The summed E-state index contributed by atoms with van der Waals surface area (Å²) < 4.78 is 0. The predicted octanol–water partition coefficient (Wildman–Crippen LogP) is 3.09. The van der Waals surface area contributed by atoms with Crippen LogP contribution in [0.1, 0.15) is 15.9 Å². The van der Waals surface area contributed by atoms with Crippen molar-refractivity contribution in [1.82, 2.24) is 4.98 Å². The number of aromatic nitrogens is 1. The van der Waals surface area contributed by atoms with Gasteiger partial charge < -0.3 is 10.2 Å². The van der Waals surface area contributed by atoms with Gasteiger partial charge in [-0.05, 0) is 29.8 Å². The van der Waals surface area contributed by atoms with Crippen molar-refractivity contribution in [2.75, 3.05) is 0 Å². The summed E-state index contributed by atoms with van der Waals surface area (Å²) in [5.41, 5.74) is 3.04. The molecule has 0 aliphatic carbocycles. The first kappa shape index (κ1) is 13.3. The Balaban J connectivity index is 2.16. The van der Waals surface area contributed by atoms with E-state index in [1.165, 1.54) is 0 Å². The lowest BCUT2D eigenvalue weighted by atomic mass is 10.0. The van der Waals surface area contributed by atoms with Crippen molar-refractivity contribution in [2.24, 2.45) is 0 Å². The van der Waals surface area contributed by atoms with E-state index in [9.17, 15) is 9.90 Å². The van der Waals surface area contributed by atoms with Gasteiger partial charge in [0, 0.05) is 10.9 Å². The molecule has 4 nitrogen and oxygen atoms in total. The summed E-state index contributed by atoms with van der Waals surface area (Å²) in [6, 6.07) is 16.0. The van der Waals surface area contributed by atoms with Gasteiger partial charge in [-0.2, -0.15) is 0 Å². The van der Waals surface area contributed by atoms with E-state index in [2.05, 4.69) is 4.98 Å². The number of aliphatic hydroxyl groups is 1. The molecule has 0 aliphatic heterocycles. The van der Waals surface area contributed by atoms with E-state index in [1.807, 2.05) is 24.3 Å². The van der Waals surface area contributed by atoms with Gasteiger partial charge in [0.05, 0.1) is 23.4 Å². The summed E-state index contributed by atoms with van der Waals surface area (Å²) >= 11 is 0. The number of hydrogen-bond donors (Lipinski definition) is 2. The maximum absolute atomic E-state index is 11.3. The lowest BCUT2D eigenvalue weighted by molar-refractivity contribution is 0.0697. The highest BCUT2D eigenvalue weighted by Gasteiger charge is 2.12. The van der Waals surface area contributed by atoms with Crippen molar-refractivity contribution in [3.8, 4) is 11.3 Å². The number of benzene rings is 2. The Hall–Kier alpha value is -2.72. The van der Waals surface area contributed by atoms with Crippen LogP contribution in [-0.2, 0) is 6.61 Å². The third-order valence-electron chi connectivity index (χ3n) is 3.37. The first-order valence-corrected chi connectivity index (χ1v) is 6.52. The zero-order valence-electron chi connectivity index (χ0n) is 11.2. The van der Waals surface area contributed by atoms with Crippen molar-refractivity contribution in [3.05, 3.63) is 65.7 Å². The summed E-state index contributed by atoms with van der Waals surface area (Å²) in [5, 5.41) is 19.3. The number of hydrogen-bond acceptors (Lipinski definition) is 3. The van der Waals surface area contributed by atoms with Gasteiger partial charge in [0.2, 0.25) is 0 Å². The van der Waals surface area contributed by atoms with Crippen molar-refractivity contribution in [1.29, 1.82) is 0 Å². The lowest BCUT2D eigenvalue weighted by Crippen LogP contribution is -2.00. The van der Waals surface area contributed by atoms with E-state index >= 15 is 0 Å². The Morgan fingerprint density at radius 3 is 2.62 bits per heavy atom. The van der Waals surface area contributed by atoms with Crippen LogP contribution in [0, 0.1) is 0 Å². The molecule has 1 heterocycles. The molecule has 0 saturated carbocycles. The molecule has 0 fully saturated rings. The molecular weight excluding hydrogens is 266 g/mol. The SMILES string of the molecule is O=C(O)c1ccccc1-c1ccc2cc(CO)ccc2n1. The van der Waals surface area contributed by atoms with Crippen molar-refractivity contribution in [2.45, 2.75) is 6.61 Å². The lowest BCUT2D eigenvalue weighted by Gasteiger charge is -2.07. The molecule has 0 saturated heterocycles. The summed E-state index contributed by atoms with van der Waals surface area (Å²) in [4.78, 5) is 15.8. The molecule has 21 heavy (non-hydrogen) atoms. The summed E-state index contributed by atoms with van der Waals surface area (Å²) in [6.07, 6.45) is 0. The maximum Gasteiger partial charge on any atom is 0.336 e. The van der Waals surface area contributed by atoms with Crippen LogP contribution in [0.4, 0.5) is 0 Å². The smallest absolute Gasteiger partial charge is 0.336 e. The number of carboxylic acids is 1. The van der Waals surface area contributed by atoms with Crippen LogP contribution in [0.15, 0.2) is 54.6 Å². The van der Waals surface area contributed by atoms with Gasteiger partial charge in [-0.15, -0.1) is 0 Å². The molecule has 0 unspecified atom stereocenters. The molecule has 104 valence electrons. The number of fused-ring (bicyclic) bond motifs is 1. The third kappa shape index (κ3) is 2.49. The van der Waals surface area contributed by atoms with Crippen LogP contribution in [-0.4, -0.2) is 21.2 Å². The first-order chi connectivity index (χ1) is 10.2. The number of aromatic carboxylic acids is 1. The highest BCUT2D eigenvalue weighted by Crippen LogP contribution is 2.25. The number of nitrogens with zero attached hydrogens (tertiary/aromatic N) is 1. The van der Waals surface area contributed by atoms with E-state index in [-0.39, 0.29) is 12.2 Å². The zero-order valence-corrected chi connectivity index (χ0v) is 11.2. The van der Waals surface area contributed by atoms with Crippen LogP contribution in [0.25, 0.3) is 22.2 Å². The Morgan fingerprint density at radius 1 is 1.05 bits per heavy atom. The number of carbonyl (C=O) groups is 1. The van der Waals surface area contributed by atoms with Crippen LogP contribution in [0.5, 0.6) is 0 Å². The molecule has 2 N–H and O–H groups in total. The average Bonchev–Trinajstić information content (AvgIpc) is 2.53. The number of rotatable bonds is 3. The molecule has 1 aromatic heterocycles. The van der Waals surface area contributed by atoms with Gasteiger partial charge in [0.1, 0.15) is 0 Å². The Kier molecular flexibility index (Phi) is 3.38. The highest BCUT2D eigenvalue weighted by atomic mass is 16.4. The molecule has 3 rings (SSSR count). The Bertz CT molecular complexity index is 827. The molecular formula is C17H13NO3. The summed E-state index contributed by atoms with van der Waals surface area (Å²) in [7, 11) is 0. The minimum Gasteiger partial charge on any atom is -0.478 e. The molecule has 3 aromatic rings. The van der Waals surface area contributed by atoms with Gasteiger partial charge in [0.25, 0.3) is 0 Å². The van der Waals surface area contributed by atoms with Crippen molar-refractivity contribution < 1.29 is 15.0 Å². The minimum absolute atomic E-state index is 0.0143. The van der Waals surface area contributed by atoms with E-state index in [0.717, 1.165) is 16.5 Å². The zero-order chi connectivity index (χ0) is 14.8. The van der Waals surface area contributed by atoms with Gasteiger partial charge in [-0.25, -0.2) is 9.78 Å². The fourth-order valence-electron chi connectivity index (χ4n) is 2.32. The normalized spacial score (nSPS) is 10.7. The van der Waals surface area contributed by atoms with Crippen LogP contribution in [0.3, 0.4) is 0 Å². The standard InChI is InChI=1S/C17H13NO3/c19-10-11-5-7-15-12(9-11)6-8-16(18-15)13-3-1-2-4-14(13)17(20)21/h1-9,19H,10H2,(H,20,21). The number of pyridine rings is 1. The average molecular weight is 279 g/mol. The molecule has 0 atom stereocenters. The number of carboxylic acid groups (broad SMARTS) is 1. The second-order valence-corrected chi connectivity index (χ2v) is 4.73. The van der Waals surface area contributed by atoms with E-state index < -0.39 is 5.97 Å². The second kappa shape index (κ2) is 5.34. The second-order valence-electron chi connectivity index (χ2n) is 4.73. The van der Waals surface area contributed by atoms with E-state index in [1.54, 1.807) is 30.3 Å². The molecule has 4 heteroatoms. The van der Waals surface area contributed by atoms with Gasteiger partial charge in [-0.3, -0.25) is 0 Å². The molecule has 0 radical (unpaired) electrons. The molecule has 0 aliphatic rings. The molecule has 0 bridgehead atoms. The Labute approximate surface area is 121 Å². The van der Waals surface area contributed by atoms with Gasteiger partial charge in [-0.1, -0.05) is 30.3 Å². The highest BCUT2D eigenvalue weighted by molar-refractivity contribution is 5.96. The largest absolute Gasteiger partial charge is 0.478 e. The molecule has 0 amide bonds. The molecule has 2 aromatic carbocycles. The van der Waals surface area contributed by atoms with Crippen molar-refractivity contribution >= 4 is 16.9 Å². The Morgan fingerprint density at radius 2 is 1.86 bits per heavy atom. The number of aliphatic hydroxyl groups excluding tert-OH is 1. The van der Waals surface area contributed by atoms with E-state index in [4.69, 9.17) is 5.11 Å². The first-order valence-electron chi connectivity index (χ1n) is 6.52. The topological polar surface area (TPSA) is 70.4 Å². The van der Waals surface area contributed by atoms with Crippen LogP contribution in [0.2, 0.25) is 0 Å².